The first-order valence-corrected chi connectivity index (χ1v) is 7.73. The number of hydrogen-bond acceptors (Lipinski definition) is 6. The van der Waals surface area contributed by atoms with Crippen LogP contribution in [0.1, 0.15) is 45.7 Å². The van der Waals surface area contributed by atoms with Gasteiger partial charge in [-0.3, -0.25) is 4.90 Å². The highest BCUT2D eigenvalue weighted by Crippen LogP contribution is 2.35. The van der Waals surface area contributed by atoms with Crippen LogP contribution in [0.2, 0.25) is 0 Å². The van der Waals surface area contributed by atoms with Crippen molar-refractivity contribution in [3.63, 3.8) is 0 Å². The number of ether oxygens (including phenoxy) is 2. The van der Waals surface area contributed by atoms with Gasteiger partial charge in [-0.25, -0.2) is 9.78 Å². The lowest BCUT2D eigenvalue weighted by atomic mass is 10.1. The van der Waals surface area contributed by atoms with E-state index in [-0.39, 0.29) is 6.61 Å². The van der Waals surface area contributed by atoms with Gasteiger partial charge in [0.25, 0.3) is 0 Å². The fraction of sp³-hybridized carbons (Fsp3) is 0.714. The summed E-state index contributed by atoms with van der Waals surface area (Å²) in [6, 6.07) is -0.513. The van der Waals surface area contributed by atoms with Gasteiger partial charge in [-0.05, 0) is 34.6 Å². The third-order valence-corrected chi connectivity index (χ3v) is 4.02. The van der Waals surface area contributed by atoms with Crippen LogP contribution in [-0.2, 0) is 9.47 Å². The second-order valence-electron chi connectivity index (χ2n) is 6.49. The third-order valence-electron chi connectivity index (χ3n) is 3.18. The molecule has 1 amide bonds. The Bertz CT molecular complexity index is 496. The molecule has 21 heavy (non-hydrogen) atoms. The summed E-state index contributed by atoms with van der Waals surface area (Å²) < 4.78 is 11.1. The highest BCUT2D eigenvalue weighted by molar-refractivity contribution is 7.09. The fourth-order valence-corrected chi connectivity index (χ4v) is 2.96. The Hall–Kier alpha value is -1.18. The molecule has 6 nitrogen and oxygen atoms in total. The number of amides is 1. The first kappa shape index (κ1) is 16.2. The predicted molar refractivity (Wildman–Crippen MR) is 79.0 cm³/mol. The van der Waals surface area contributed by atoms with Gasteiger partial charge in [0.1, 0.15) is 22.4 Å². The van der Waals surface area contributed by atoms with Crippen LogP contribution in [0.25, 0.3) is 0 Å². The zero-order valence-electron chi connectivity index (χ0n) is 13.0. The standard InChI is InChI=1S/C14H22N2O4S/c1-13(2,3)20-12(18)16-9(8-19-14(16,4)5)10(17)11-15-6-7-21-11/h6-7,9-10,17H,8H2,1-5H3/t9-,10+/m0/s1. The minimum Gasteiger partial charge on any atom is -0.444 e. The van der Waals surface area contributed by atoms with Crippen molar-refractivity contribution < 1.29 is 19.4 Å². The summed E-state index contributed by atoms with van der Waals surface area (Å²) in [5, 5.41) is 12.8. The molecule has 2 heterocycles. The Kier molecular flexibility index (Phi) is 4.28. The van der Waals surface area contributed by atoms with Gasteiger partial charge in [0.15, 0.2) is 0 Å². The number of aliphatic hydroxyl groups excluding tert-OH is 1. The number of aromatic nitrogens is 1. The Morgan fingerprint density at radius 2 is 2.29 bits per heavy atom. The summed E-state index contributed by atoms with van der Waals surface area (Å²) in [6.45, 7) is 9.23. The van der Waals surface area contributed by atoms with Gasteiger partial charge < -0.3 is 14.6 Å². The van der Waals surface area contributed by atoms with Crippen molar-refractivity contribution in [1.29, 1.82) is 0 Å². The lowest BCUT2D eigenvalue weighted by Crippen LogP contribution is -2.51. The maximum absolute atomic E-state index is 12.5. The number of aliphatic hydroxyl groups is 1. The number of carbonyl (C=O) groups is 1. The minimum absolute atomic E-state index is 0.243. The predicted octanol–water partition coefficient (Wildman–Crippen LogP) is 2.55. The van der Waals surface area contributed by atoms with E-state index in [1.165, 1.54) is 16.2 Å². The molecule has 1 aliphatic rings. The summed E-state index contributed by atoms with van der Waals surface area (Å²) in [5.41, 5.74) is -1.43. The number of nitrogens with zero attached hydrogens (tertiary/aromatic N) is 2. The zero-order valence-corrected chi connectivity index (χ0v) is 13.8. The third kappa shape index (κ3) is 3.53. The molecule has 0 unspecified atom stereocenters. The minimum atomic E-state index is -0.890. The number of rotatable bonds is 2. The van der Waals surface area contributed by atoms with Crippen molar-refractivity contribution in [2.45, 2.75) is 58.1 Å². The van der Waals surface area contributed by atoms with Crippen LogP contribution < -0.4 is 0 Å². The van der Waals surface area contributed by atoms with Crippen LogP contribution in [0.5, 0.6) is 0 Å². The van der Waals surface area contributed by atoms with Crippen LogP contribution in [0.4, 0.5) is 4.79 Å². The maximum atomic E-state index is 12.5. The molecule has 0 spiro atoms. The molecule has 1 N–H and O–H groups in total. The summed E-state index contributed by atoms with van der Waals surface area (Å²) in [4.78, 5) is 18.0. The van der Waals surface area contributed by atoms with Crippen molar-refractivity contribution in [3.05, 3.63) is 16.6 Å². The van der Waals surface area contributed by atoms with E-state index < -0.39 is 29.6 Å². The first-order chi connectivity index (χ1) is 9.62. The van der Waals surface area contributed by atoms with Gasteiger partial charge in [-0.15, -0.1) is 11.3 Å². The molecule has 7 heteroatoms. The summed E-state index contributed by atoms with van der Waals surface area (Å²) >= 11 is 1.35. The van der Waals surface area contributed by atoms with Gasteiger partial charge in [0.2, 0.25) is 0 Å². The van der Waals surface area contributed by atoms with Crippen LogP contribution in [0, 0.1) is 0 Å². The van der Waals surface area contributed by atoms with E-state index in [0.29, 0.717) is 5.01 Å². The monoisotopic (exact) mass is 314 g/mol. The van der Waals surface area contributed by atoms with Crippen LogP contribution in [-0.4, -0.2) is 45.1 Å². The molecule has 1 aliphatic heterocycles. The van der Waals surface area contributed by atoms with Crippen molar-refractivity contribution in [2.75, 3.05) is 6.61 Å². The molecule has 1 aromatic rings. The molecule has 1 saturated heterocycles. The molecule has 0 radical (unpaired) electrons. The lowest BCUT2D eigenvalue weighted by molar-refractivity contribution is -0.0679. The summed E-state index contributed by atoms with van der Waals surface area (Å²) in [7, 11) is 0. The van der Waals surface area contributed by atoms with Gasteiger partial charge in [0.05, 0.1) is 12.6 Å². The van der Waals surface area contributed by atoms with E-state index in [0.717, 1.165) is 0 Å². The molecule has 2 atom stereocenters. The van der Waals surface area contributed by atoms with E-state index in [1.54, 1.807) is 46.2 Å². The number of carbonyl (C=O) groups excluding carboxylic acids is 1. The molecule has 0 saturated carbocycles. The number of thiazole rings is 1. The quantitative estimate of drug-likeness (QED) is 0.908. The Morgan fingerprint density at radius 3 is 2.81 bits per heavy atom. The molecule has 118 valence electrons. The Labute approximate surface area is 128 Å². The zero-order chi connectivity index (χ0) is 15.8. The van der Waals surface area contributed by atoms with E-state index in [1.807, 2.05) is 0 Å². The van der Waals surface area contributed by atoms with Crippen molar-refractivity contribution in [2.24, 2.45) is 0 Å². The Balaban J connectivity index is 2.23. The topological polar surface area (TPSA) is 71.9 Å². The largest absolute Gasteiger partial charge is 0.444 e. The fourth-order valence-electron chi connectivity index (χ4n) is 2.28. The van der Waals surface area contributed by atoms with Crippen LogP contribution in [0.15, 0.2) is 11.6 Å². The van der Waals surface area contributed by atoms with Crippen molar-refractivity contribution in [1.82, 2.24) is 9.88 Å². The van der Waals surface area contributed by atoms with E-state index in [2.05, 4.69) is 4.98 Å². The van der Waals surface area contributed by atoms with Crippen LogP contribution >= 0.6 is 11.3 Å². The van der Waals surface area contributed by atoms with E-state index >= 15 is 0 Å². The molecule has 0 aliphatic carbocycles. The van der Waals surface area contributed by atoms with Gasteiger partial charge >= 0.3 is 6.09 Å². The van der Waals surface area contributed by atoms with E-state index in [4.69, 9.17) is 9.47 Å². The molecule has 1 fully saturated rings. The average Bonchev–Trinajstić information content (AvgIpc) is 2.92. The second kappa shape index (κ2) is 5.55. The van der Waals surface area contributed by atoms with Crippen molar-refractivity contribution >= 4 is 17.4 Å². The summed E-state index contributed by atoms with van der Waals surface area (Å²) in [6.07, 6.45) is 0.243. The number of hydrogen-bond donors (Lipinski definition) is 1. The smallest absolute Gasteiger partial charge is 0.413 e. The average molecular weight is 314 g/mol. The SMILES string of the molecule is CC(C)(C)OC(=O)N1[C@H]([C@@H](O)c2nccs2)COC1(C)C. The van der Waals surface area contributed by atoms with Gasteiger partial charge in [-0.2, -0.15) is 0 Å². The molecule has 1 aromatic heterocycles. The normalized spacial score (nSPS) is 23.1. The molecular weight excluding hydrogens is 292 g/mol. The highest BCUT2D eigenvalue weighted by Gasteiger charge is 2.49. The van der Waals surface area contributed by atoms with Crippen molar-refractivity contribution in [3.8, 4) is 0 Å². The van der Waals surface area contributed by atoms with E-state index in [9.17, 15) is 9.90 Å². The molecule has 0 aromatic carbocycles. The first-order valence-electron chi connectivity index (χ1n) is 6.85. The molecule has 2 rings (SSSR count). The lowest BCUT2D eigenvalue weighted by Gasteiger charge is -2.36. The highest BCUT2D eigenvalue weighted by atomic mass is 32.1. The van der Waals surface area contributed by atoms with Crippen LogP contribution in [0.3, 0.4) is 0 Å². The van der Waals surface area contributed by atoms with Gasteiger partial charge in [-0.1, -0.05) is 0 Å². The molecule has 0 bridgehead atoms. The second-order valence-corrected chi connectivity index (χ2v) is 7.42. The summed E-state index contributed by atoms with van der Waals surface area (Å²) in [5.74, 6) is 0. The molecular formula is C14H22N2O4S. The van der Waals surface area contributed by atoms with Gasteiger partial charge in [0, 0.05) is 11.6 Å². The maximum Gasteiger partial charge on any atom is 0.413 e. The Morgan fingerprint density at radius 1 is 1.62 bits per heavy atom.